The van der Waals surface area contributed by atoms with Crippen LogP contribution in [0.15, 0.2) is 28.8 Å². The summed E-state index contributed by atoms with van der Waals surface area (Å²) in [6.45, 7) is 2.71. The largest absolute Gasteiger partial charge is 0.439 e. The molecule has 4 heteroatoms. The summed E-state index contributed by atoms with van der Waals surface area (Å²) >= 11 is 6.04. The zero-order valence-electron chi connectivity index (χ0n) is 10.2. The summed E-state index contributed by atoms with van der Waals surface area (Å²) in [5, 5.41) is 4.10. The lowest BCUT2D eigenvalue weighted by Crippen LogP contribution is -2.15. The molecule has 0 atom stereocenters. The van der Waals surface area contributed by atoms with E-state index in [4.69, 9.17) is 16.0 Å². The molecule has 1 fully saturated rings. The normalized spacial score (nSPS) is 15.0. The number of benzene rings is 1. The van der Waals surface area contributed by atoms with Gasteiger partial charge in [0, 0.05) is 16.6 Å². The molecular weight excluding hydrogens is 248 g/mol. The highest BCUT2D eigenvalue weighted by Gasteiger charge is 2.21. The van der Waals surface area contributed by atoms with E-state index in [1.165, 1.54) is 12.8 Å². The van der Waals surface area contributed by atoms with Crippen LogP contribution in [0, 0.1) is 6.92 Å². The Bertz CT molecular complexity index is 540. The molecule has 0 aliphatic heterocycles. The van der Waals surface area contributed by atoms with Crippen LogP contribution in [0.5, 0.6) is 0 Å². The lowest BCUT2D eigenvalue weighted by Gasteiger charge is -2.00. The molecule has 3 rings (SSSR count). The third kappa shape index (κ3) is 2.74. The Morgan fingerprint density at radius 2 is 2.22 bits per heavy atom. The van der Waals surface area contributed by atoms with Crippen LogP contribution >= 0.6 is 11.6 Å². The van der Waals surface area contributed by atoms with E-state index in [0.29, 0.717) is 12.6 Å². The number of hydrogen-bond acceptors (Lipinski definition) is 3. The predicted octanol–water partition coefficient (Wildman–Crippen LogP) is 3.56. The second-order valence-electron chi connectivity index (χ2n) is 4.79. The van der Waals surface area contributed by atoms with Crippen molar-refractivity contribution in [1.29, 1.82) is 0 Å². The molecule has 2 aromatic rings. The molecule has 1 aromatic heterocycles. The predicted molar refractivity (Wildman–Crippen MR) is 71.5 cm³/mol. The molecule has 1 heterocycles. The number of nitrogens with one attached hydrogen (secondary N) is 1. The van der Waals surface area contributed by atoms with Crippen molar-refractivity contribution in [3.63, 3.8) is 0 Å². The van der Waals surface area contributed by atoms with E-state index in [0.717, 1.165) is 27.8 Å². The van der Waals surface area contributed by atoms with E-state index in [1.807, 2.05) is 25.1 Å². The zero-order chi connectivity index (χ0) is 12.5. The third-order valence-corrected chi connectivity index (χ3v) is 3.22. The number of rotatable bonds is 4. The van der Waals surface area contributed by atoms with E-state index in [9.17, 15) is 0 Å². The first-order valence-electron chi connectivity index (χ1n) is 6.16. The summed E-state index contributed by atoms with van der Waals surface area (Å²) in [6.07, 6.45) is 4.29. The molecule has 0 unspecified atom stereocenters. The topological polar surface area (TPSA) is 38.1 Å². The monoisotopic (exact) mass is 262 g/mol. The van der Waals surface area contributed by atoms with Crippen molar-refractivity contribution in [1.82, 2.24) is 10.3 Å². The van der Waals surface area contributed by atoms with Gasteiger partial charge in [-0.1, -0.05) is 11.6 Å². The molecule has 1 aliphatic rings. The van der Waals surface area contributed by atoms with Crippen LogP contribution in [-0.2, 0) is 6.54 Å². The zero-order valence-corrected chi connectivity index (χ0v) is 11.0. The van der Waals surface area contributed by atoms with Gasteiger partial charge in [-0.25, -0.2) is 4.98 Å². The van der Waals surface area contributed by atoms with E-state index in [-0.39, 0.29) is 0 Å². The smallest absolute Gasteiger partial charge is 0.208 e. The number of hydrogen-bond donors (Lipinski definition) is 1. The summed E-state index contributed by atoms with van der Waals surface area (Å²) in [5.41, 5.74) is 2.09. The quantitative estimate of drug-likeness (QED) is 0.916. The van der Waals surface area contributed by atoms with Gasteiger partial charge in [0.25, 0.3) is 0 Å². The van der Waals surface area contributed by atoms with E-state index in [2.05, 4.69) is 10.3 Å². The molecule has 1 N–H and O–H groups in total. The van der Waals surface area contributed by atoms with Gasteiger partial charge in [0.05, 0.1) is 12.7 Å². The number of aryl methyl sites for hydroxylation is 1. The first-order chi connectivity index (χ1) is 8.70. The first-order valence-corrected chi connectivity index (χ1v) is 6.54. The summed E-state index contributed by atoms with van der Waals surface area (Å²) in [6, 6.07) is 6.53. The highest BCUT2D eigenvalue weighted by molar-refractivity contribution is 6.30. The summed E-state index contributed by atoms with van der Waals surface area (Å²) in [5.74, 6) is 1.50. The van der Waals surface area contributed by atoms with Gasteiger partial charge >= 0.3 is 0 Å². The average Bonchev–Trinajstić information content (AvgIpc) is 3.02. The Kier molecular flexibility index (Phi) is 3.10. The van der Waals surface area contributed by atoms with Gasteiger partial charge < -0.3 is 9.73 Å². The maximum Gasteiger partial charge on any atom is 0.208 e. The lowest BCUT2D eigenvalue weighted by molar-refractivity contribution is 0.476. The molecule has 1 aromatic carbocycles. The highest BCUT2D eigenvalue weighted by Crippen LogP contribution is 2.26. The molecule has 94 valence electrons. The first kappa shape index (κ1) is 11.8. The Labute approximate surface area is 111 Å². The van der Waals surface area contributed by atoms with Gasteiger partial charge in [0.15, 0.2) is 5.76 Å². The van der Waals surface area contributed by atoms with Gasteiger partial charge in [0.1, 0.15) is 0 Å². The second kappa shape index (κ2) is 4.75. The highest BCUT2D eigenvalue weighted by atomic mass is 35.5. The summed E-state index contributed by atoms with van der Waals surface area (Å²) < 4.78 is 5.73. The average molecular weight is 263 g/mol. The number of nitrogens with zero attached hydrogens (tertiary/aromatic N) is 1. The SMILES string of the molecule is Cc1cc(Cl)cc(-c2cnc(CNC3CC3)o2)c1. The van der Waals surface area contributed by atoms with Gasteiger partial charge in [0.2, 0.25) is 5.89 Å². The van der Waals surface area contributed by atoms with Crippen LogP contribution in [-0.4, -0.2) is 11.0 Å². The van der Waals surface area contributed by atoms with Crippen LogP contribution in [0.4, 0.5) is 0 Å². The van der Waals surface area contributed by atoms with Gasteiger partial charge in [-0.05, 0) is 43.5 Å². The minimum atomic E-state index is 0.661. The number of aromatic nitrogens is 1. The van der Waals surface area contributed by atoms with Crippen molar-refractivity contribution in [2.45, 2.75) is 32.4 Å². The molecule has 0 amide bonds. The molecule has 0 bridgehead atoms. The molecule has 0 radical (unpaired) electrons. The lowest BCUT2D eigenvalue weighted by atomic mass is 10.1. The van der Waals surface area contributed by atoms with Gasteiger partial charge in [-0.2, -0.15) is 0 Å². The molecule has 1 saturated carbocycles. The van der Waals surface area contributed by atoms with Crippen molar-refractivity contribution in [3.05, 3.63) is 40.9 Å². The van der Waals surface area contributed by atoms with Crippen molar-refractivity contribution in [3.8, 4) is 11.3 Å². The van der Waals surface area contributed by atoms with Crippen LogP contribution in [0.2, 0.25) is 5.02 Å². The Morgan fingerprint density at radius 3 is 2.94 bits per heavy atom. The molecule has 1 aliphatic carbocycles. The molecular formula is C14H15ClN2O. The van der Waals surface area contributed by atoms with Crippen molar-refractivity contribution in [2.24, 2.45) is 0 Å². The van der Waals surface area contributed by atoms with E-state index >= 15 is 0 Å². The van der Waals surface area contributed by atoms with Gasteiger partial charge in [-0.3, -0.25) is 0 Å². The fourth-order valence-electron chi connectivity index (χ4n) is 1.92. The molecule has 0 spiro atoms. The molecule has 18 heavy (non-hydrogen) atoms. The summed E-state index contributed by atoms with van der Waals surface area (Å²) in [7, 11) is 0. The second-order valence-corrected chi connectivity index (χ2v) is 5.23. The minimum Gasteiger partial charge on any atom is -0.439 e. The standard InChI is InChI=1S/C14H15ClN2O/c1-9-4-10(6-11(15)5-9)13-7-17-14(18-13)8-16-12-2-3-12/h4-7,12,16H,2-3,8H2,1H3. The number of halogens is 1. The van der Waals surface area contributed by atoms with Crippen molar-refractivity contribution >= 4 is 11.6 Å². The fraction of sp³-hybridized carbons (Fsp3) is 0.357. The van der Waals surface area contributed by atoms with Crippen LogP contribution < -0.4 is 5.32 Å². The fourth-order valence-corrected chi connectivity index (χ4v) is 2.21. The van der Waals surface area contributed by atoms with Crippen LogP contribution in [0.1, 0.15) is 24.3 Å². The summed E-state index contributed by atoms with van der Waals surface area (Å²) in [4.78, 5) is 4.28. The number of oxazole rings is 1. The van der Waals surface area contributed by atoms with Crippen LogP contribution in [0.3, 0.4) is 0 Å². The van der Waals surface area contributed by atoms with E-state index in [1.54, 1.807) is 6.20 Å². The molecule has 0 saturated heterocycles. The van der Waals surface area contributed by atoms with Crippen molar-refractivity contribution in [2.75, 3.05) is 0 Å². The van der Waals surface area contributed by atoms with Crippen LogP contribution in [0.25, 0.3) is 11.3 Å². The Morgan fingerprint density at radius 1 is 1.39 bits per heavy atom. The Balaban J connectivity index is 1.78. The van der Waals surface area contributed by atoms with Crippen molar-refractivity contribution < 1.29 is 4.42 Å². The maximum atomic E-state index is 6.04. The Hall–Kier alpha value is -1.32. The van der Waals surface area contributed by atoms with Gasteiger partial charge in [-0.15, -0.1) is 0 Å². The maximum absolute atomic E-state index is 6.04. The minimum absolute atomic E-state index is 0.661. The third-order valence-electron chi connectivity index (χ3n) is 3.00. The van der Waals surface area contributed by atoms with E-state index < -0.39 is 0 Å². The molecule has 3 nitrogen and oxygen atoms in total.